The topological polar surface area (TPSA) is 97.4 Å². The summed E-state index contributed by atoms with van der Waals surface area (Å²) in [7, 11) is 0. The summed E-state index contributed by atoms with van der Waals surface area (Å²) in [6.45, 7) is 0. The third-order valence-corrected chi connectivity index (χ3v) is 5.27. The van der Waals surface area contributed by atoms with Crippen LogP contribution < -0.4 is 10.6 Å². The number of nitro groups is 1. The van der Waals surface area contributed by atoms with Gasteiger partial charge in [0.1, 0.15) is 5.76 Å². The van der Waals surface area contributed by atoms with E-state index in [1.807, 2.05) is 0 Å². The van der Waals surface area contributed by atoms with Crippen LogP contribution in [0, 0.1) is 10.1 Å². The van der Waals surface area contributed by atoms with Crippen molar-refractivity contribution in [3.05, 3.63) is 78.9 Å². The van der Waals surface area contributed by atoms with Crippen molar-refractivity contribution in [3.63, 3.8) is 0 Å². The van der Waals surface area contributed by atoms with E-state index in [0.29, 0.717) is 31.5 Å². The number of nitrogens with zero attached hydrogens (tertiary/aromatic N) is 1. The zero-order chi connectivity index (χ0) is 21.1. The number of furan rings is 1. The maximum Gasteiger partial charge on any atom is 0.293 e. The highest BCUT2D eigenvalue weighted by molar-refractivity contribution is 9.10. The smallest absolute Gasteiger partial charge is 0.293 e. The Hall–Kier alpha value is -2.46. The summed E-state index contributed by atoms with van der Waals surface area (Å²) >= 11 is 20.2. The molecule has 0 bridgehead atoms. The number of anilines is 1. The monoisotopic (exact) mass is 513 g/mol. The van der Waals surface area contributed by atoms with Gasteiger partial charge in [0, 0.05) is 22.2 Å². The van der Waals surface area contributed by atoms with Crippen LogP contribution in [0.15, 0.2) is 57.4 Å². The molecule has 7 nitrogen and oxygen atoms in total. The number of hydrogen-bond donors (Lipinski definition) is 2. The van der Waals surface area contributed by atoms with E-state index in [1.54, 1.807) is 24.3 Å². The maximum absolute atomic E-state index is 12.4. The number of carbonyl (C=O) groups is 1. The van der Waals surface area contributed by atoms with Crippen LogP contribution in [0.25, 0.3) is 11.3 Å². The van der Waals surface area contributed by atoms with Gasteiger partial charge in [-0.05, 0) is 64.5 Å². The lowest BCUT2D eigenvalue weighted by Gasteiger charge is -2.10. The predicted molar refractivity (Wildman–Crippen MR) is 119 cm³/mol. The molecule has 1 amide bonds. The Morgan fingerprint density at radius 3 is 2.52 bits per heavy atom. The Morgan fingerprint density at radius 2 is 1.86 bits per heavy atom. The number of carbonyl (C=O) groups excluding carboxylic acids is 1. The van der Waals surface area contributed by atoms with E-state index in [4.69, 9.17) is 39.8 Å². The fourth-order valence-electron chi connectivity index (χ4n) is 2.30. The summed E-state index contributed by atoms with van der Waals surface area (Å²) in [5.41, 5.74) is 1.04. The molecule has 3 aromatic rings. The molecule has 29 heavy (non-hydrogen) atoms. The number of benzene rings is 2. The van der Waals surface area contributed by atoms with Crippen molar-refractivity contribution in [1.29, 1.82) is 0 Å². The Morgan fingerprint density at radius 1 is 1.10 bits per heavy atom. The number of nitro benzene ring substituents is 1. The largest absolute Gasteiger partial charge is 0.451 e. The molecule has 11 heteroatoms. The lowest BCUT2D eigenvalue weighted by Crippen LogP contribution is -2.34. The molecule has 2 N–H and O–H groups in total. The van der Waals surface area contributed by atoms with Crippen LogP contribution in [0.2, 0.25) is 10.0 Å². The normalized spacial score (nSPS) is 10.4. The number of hydrogen-bond acceptors (Lipinski definition) is 5. The summed E-state index contributed by atoms with van der Waals surface area (Å²) in [4.78, 5) is 22.6. The minimum absolute atomic E-state index is 0.00274. The molecule has 0 aliphatic heterocycles. The van der Waals surface area contributed by atoms with Crippen LogP contribution in [0.4, 0.5) is 11.4 Å². The zero-order valence-corrected chi connectivity index (χ0v) is 18.2. The minimum Gasteiger partial charge on any atom is -0.451 e. The second-order valence-electron chi connectivity index (χ2n) is 5.62. The number of amides is 1. The molecule has 3 rings (SSSR count). The van der Waals surface area contributed by atoms with Crippen molar-refractivity contribution >= 4 is 73.7 Å². The molecule has 0 radical (unpaired) electrons. The summed E-state index contributed by atoms with van der Waals surface area (Å²) in [6.07, 6.45) is 0. The Labute approximate surface area is 188 Å². The van der Waals surface area contributed by atoms with Gasteiger partial charge in [0.15, 0.2) is 10.9 Å². The first-order valence-electron chi connectivity index (χ1n) is 7.86. The van der Waals surface area contributed by atoms with Crippen LogP contribution in [0.3, 0.4) is 0 Å². The standard InChI is InChI=1S/C18H10BrCl2N3O4S/c19-11-8-10(24(26)27)2-4-14(11)22-18(29)23-17(25)16-6-5-15(28-16)9-1-3-12(20)13(21)7-9/h1-8H,(H2,22,23,25,29). The van der Waals surface area contributed by atoms with E-state index < -0.39 is 10.8 Å². The van der Waals surface area contributed by atoms with Gasteiger partial charge < -0.3 is 9.73 Å². The van der Waals surface area contributed by atoms with E-state index in [9.17, 15) is 14.9 Å². The SMILES string of the molecule is O=C(NC(=S)Nc1ccc([N+](=O)[O-])cc1Br)c1ccc(-c2ccc(Cl)c(Cl)c2)o1. The summed E-state index contributed by atoms with van der Waals surface area (Å²) in [5, 5.41) is 16.8. The Bertz CT molecular complexity index is 1140. The molecule has 1 aromatic heterocycles. The van der Waals surface area contributed by atoms with Gasteiger partial charge in [-0.25, -0.2) is 0 Å². The molecule has 0 fully saturated rings. The average Bonchev–Trinajstić information content (AvgIpc) is 3.15. The Kier molecular flexibility index (Phi) is 6.53. The molecule has 0 aliphatic carbocycles. The molecule has 1 heterocycles. The number of nitrogens with one attached hydrogen (secondary N) is 2. The first-order valence-corrected chi connectivity index (χ1v) is 9.82. The van der Waals surface area contributed by atoms with Crippen LogP contribution in [-0.4, -0.2) is 15.9 Å². The highest BCUT2D eigenvalue weighted by Gasteiger charge is 2.16. The fourth-order valence-corrected chi connectivity index (χ4v) is 3.27. The second-order valence-corrected chi connectivity index (χ2v) is 7.70. The van der Waals surface area contributed by atoms with E-state index >= 15 is 0 Å². The van der Waals surface area contributed by atoms with Gasteiger partial charge in [-0.3, -0.25) is 20.2 Å². The third-order valence-electron chi connectivity index (χ3n) is 3.67. The van der Waals surface area contributed by atoms with Crippen LogP contribution >= 0.6 is 51.3 Å². The molecule has 148 valence electrons. The molecular formula is C18H10BrCl2N3O4S. The number of halogens is 3. The second kappa shape index (κ2) is 8.91. The van der Waals surface area contributed by atoms with Gasteiger partial charge in [-0.15, -0.1) is 0 Å². The van der Waals surface area contributed by atoms with Crippen molar-refractivity contribution in [3.8, 4) is 11.3 Å². The van der Waals surface area contributed by atoms with Crippen LogP contribution in [0.5, 0.6) is 0 Å². The van der Waals surface area contributed by atoms with Gasteiger partial charge in [-0.1, -0.05) is 23.2 Å². The van der Waals surface area contributed by atoms with Gasteiger partial charge in [0.05, 0.1) is 20.7 Å². The van der Waals surface area contributed by atoms with Gasteiger partial charge >= 0.3 is 0 Å². The van der Waals surface area contributed by atoms with Crippen molar-refractivity contribution < 1.29 is 14.1 Å². The third kappa shape index (κ3) is 5.13. The van der Waals surface area contributed by atoms with Crippen molar-refractivity contribution in [1.82, 2.24) is 5.32 Å². The summed E-state index contributed by atoms with van der Waals surface area (Å²) in [6, 6.07) is 12.2. The Balaban J connectivity index is 1.67. The van der Waals surface area contributed by atoms with E-state index in [0.717, 1.165) is 0 Å². The van der Waals surface area contributed by atoms with Crippen LogP contribution in [-0.2, 0) is 0 Å². The molecule has 0 saturated heterocycles. The summed E-state index contributed by atoms with van der Waals surface area (Å²) in [5.74, 6) is -0.0875. The lowest BCUT2D eigenvalue weighted by molar-refractivity contribution is -0.384. The van der Waals surface area contributed by atoms with Crippen molar-refractivity contribution in [2.24, 2.45) is 0 Å². The van der Waals surface area contributed by atoms with Crippen LogP contribution in [0.1, 0.15) is 10.6 Å². The van der Waals surface area contributed by atoms with Gasteiger partial charge in [0.25, 0.3) is 11.6 Å². The lowest BCUT2D eigenvalue weighted by atomic mass is 10.2. The van der Waals surface area contributed by atoms with Gasteiger partial charge in [-0.2, -0.15) is 0 Å². The molecule has 0 saturated carbocycles. The highest BCUT2D eigenvalue weighted by Crippen LogP contribution is 2.30. The fraction of sp³-hybridized carbons (Fsp3) is 0. The minimum atomic E-state index is -0.563. The molecule has 0 unspecified atom stereocenters. The molecule has 0 spiro atoms. The first kappa shape index (κ1) is 21.3. The molecule has 2 aromatic carbocycles. The van der Waals surface area contributed by atoms with E-state index in [2.05, 4.69) is 26.6 Å². The van der Waals surface area contributed by atoms with Gasteiger partial charge in [0.2, 0.25) is 0 Å². The quantitative estimate of drug-likeness (QED) is 0.250. The maximum atomic E-state index is 12.4. The molecular weight excluding hydrogens is 505 g/mol. The number of rotatable bonds is 4. The van der Waals surface area contributed by atoms with E-state index in [-0.39, 0.29) is 16.6 Å². The first-order chi connectivity index (χ1) is 13.7. The van der Waals surface area contributed by atoms with Crippen molar-refractivity contribution in [2.75, 3.05) is 5.32 Å². The molecule has 0 atom stereocenters. The van der Waals surface area contributed by atoms with Crippen molar-refractivity contribution in [2.45, 2.75) is 0 Å². The predicted octanol–water partition coefficient (Wildman–Crippen LogP) is 6.05. The molecule has 0 aliphatic rings. The highest BCUT2D eigenvalue weighted by atomic mass is 79.9. The number of non-ortho nitro benzene ring substituents is 1. The van der Waals surface area contributed by atoms with E-state index in [1.165, 1.54) is 24.3 Å². The number of thiocarbonyl (C=S) groups is 1. The average molecular weight is 515 g/mol. The zero-order valence-electron chi connectivity index (χ0n) is 14.2. The summed E-state index contributed by atoms with van der Waals surface area (Å²) < 4.78 is 5.98.